The number of hydrogen-bond donors (Lipinski definition) is 0. The van der Waals surface area contributed by atoms with Gasteiger partial charge in [-0.05, 0) is 53.1 Å². The molecule has 1 aliphatic carbocycles. The number of nitrogens with zero attached hydrogens (tertiary/aromatic N) is 1. The lowest BCUT2D eigenvalue weighted by atomic mass is 10.0. The maximum Gasteiger partial charge on any atom is 0.241 e. The average molecular weight is 553 g/mol. The van der Waals surface area contributed by atoms with Crippen LogP contribution in [-0.2, 0) is 21.2 Å². The highest BCUT2D eigenvalue weighted by molar-refractivity contribution is 14.1. The molecule has 10 heteroatoms. The third kappa shape index (κ3) is 3.91. The Labute approximate surface area is 186 Å². The predicted molar refractivity (Wildman–Crippen MR) is 115 cm³/mol. The fraction of sp³-hybridized carbons (Fsp3) is 0.350. The van der Waals surface area contributed by atoms with Crippen LogP contribution < -0.4 is 9.04 Å². The van der Waals surface area contributed by atoms with E-state index in [2.05, 4.69) is 0 Å². The summed E-state index contributed by atoms with van der Waals surface area (Å²) in [5.41, 5.74) is -0.491. The van der Waals surface area contributed by atoms with Crippen LogP contribution in [0.2, 0.25) is 0 Å². The molecule has 0 amide bonds. The smallest absolute Gasteiger partial charge is 0.241 e. The molecule has 3 rings (SSSR count). The van der Waals surface area contributed by atoms with Crippen molar-refractivity contribution in [2.45, 2.75) is 30.4 Å². The number of methoxy groups -OCH3 is 1. The monoisotopic (exact) mass is 553 g/mol. The molecule has 0 heterocycles. The number of carbonyl (C=O) groups excluding carboxylic acids is 1. The van der Waals surface area contributed by atoms with Gasteiger partial charge >= 0.3 is 0 Å². The molecule has 2 aromatic carbocycles. The number of benzene rings is 2. The molecule has 5 nitrogen and oxygen atoms in total. The summed E-state index contributed by atoms with van der Waals surface area (Å²) >= 11 is 1.92. The molecule has 1 fully saturated rings. The van der Waals surface area contributed by atoms with Crippen molar-refractivity contribution >= 4 is 44.6 Å². The van der Waals surface area contributed by atoms with E-state index in [-0.39, 0.29) is 41.8 Å². The molecule has 0 spiro atoms. The summed E-state index contributed by atoms with van der Waals surface area (Å²) in [4.78, 5) is 11.0. The number of sulfonamides is 1. The number of anilines is 1. The second-order valence-corrected chi connectivity index (χ2v) is 10.8. The number of carbonyl (C=O) groups is 1. The number of hydrogen-bond acceptors (Lipinski definition) is 4. The highest BCUT2D eigenvalue weighted by Crippen LogP contribution is 2.50. The van der Waals surface area contributed by atoms with Gasteiger partial charge in [-0.2, -0.15) is 0 Å². The van der Waals surface area contributed by atoms with Crippen molar-refractivity contribution in [1.29, 1.82) is 0 Å². The second-order valence-electron chi connectivity index (χ2n) is 7.14. The van der Waals surface area contributed by atoms with Crippen molar-refractivity contribution in [3.05, 3.63) is 56.4 Å². The van der Waals surface area contributed by atoms with Gasteiger partial charge in [-0.25, -0.2) is 21.6 Å². The SMILES string of the molecule is COc1cc(F)c(F)c(Cc2ccc(I)cc2F)c1N(C)S(=O)(=O)C1(CC=O)CC1. The molecular weight excluding hydrogens is 534 g/mol. The normalized spacial score (nSPS) is 15.0. The number of aldehydes is 1. The van der Waals surface area contributed by atoms with Gasteiger partial charge in [-0.3, -0.25) is 4.31 Å². The number of rotatable bonds is 8. The molecule has 1 saturated carbocycles. The number of halogens is 4. The molecule has 0 N–H and O–H groups in total. The highest BCUT2D eigenvalue weighted by Gasteiger charge is 2.56. The van der Waals surface area contributed by atoms with Crippen molar-refractivity contribution in [1.82, 2.24) is 0 Å². The van der Waals surface area contributed by atoms with Crippen LogP contribution in [0.1, 0.15) is 30.4 Å². The summed E-state index contributed by atoms with van der Waals surface area (Å²) < 4.78 is 75.2. The van der Waals surface area contributed by atoms with Crippen LogP contribution in [0.4, 0.5) is 18.9 Å². The maximum absolute atomic E-state index is 14.9. The number of ether oxygens (including phenoxy) is 1. The first kappa shape index (κ1) is 22.9. The summed E-state index contributed by atoms with van der Waals surface area (Å²) in [7, 11) is -1.70. The Bertz CT molecular complexity index is 1100. The van der Waals surface area contributed by atoms with E-state index >= 15 is 0 Å². The van der Waals surface area contributed by atoms with Crippen LogP contribution in [0.5, 0.6) is 5.75 Å². The van der Waals surface area contributed by atoms with Gasteiger partial charge in [0.25, 0.3) is 0 Å². The first-order valence-corrected chi connectivity index (χ1v) is 11.5. The Balaban J connectivity index is 2.18. The van der Waals surface area contributed by atoms with Crippen molar-refractivity contribution in [3.8, 4) is 5.75 Å². The van der Waals surface area contributed by atoms with E-state index in [0.717, 1.165) is 10.4 Å². The van der Waals surface area contributed by atoms with Crippen molar-refractivity contribution in [3.63, 3.8) is 0 Å². The molecule has 0 aliphatic heterocycles. The van der Waals surface area contributed by atoms with Gasteiger partial charge in [0.1, 0.15) is 17.9 Å². The lowest BCUT2D eigenvalue weighted by molar-refractivity contribution is -0.107. The van der Waals surface area contributed by atoms with Crippen molar-refractivity contribution in [2.24, 2.45) is 0 Å². The summed E-state index contributed by atoms with van der Waals surface area (Å²) in [6.45, 7) is 0. The molecule has 2 aromatic rings. The van der Waals surface area contributed by atoms with Gasteiger partial charge in [0.2, 0.25) is 10.0 Å². The third-order valence-corrected chi connectivity index (χ3v) is 8.58. The van der Waals surface area contributed by atoms with Crippen LogP contribution in [0.3, 0.4) is 0 Å². The van der Waals surface area contributed by atoms with Gasteiger partial charge in [-0.1, -0.05) is 6.07 Å². The Hall–Kier alpha value is -1.82. The molecule has 0 aromatic heterocycles. The van der Waals surface area contributed by atoms with Gasteiger partial charge in [0, 0.05) is 35.1 Å². The highest BCUT2D eigenvalue weighted by atomic mass is 127. The molecule has 1 aliphatic rings. The first-order chi connectivity index (χ1) is 14.1. The van der Waals surface area contributed by atoms with E-state index in [1.807, 2.05) is 22.6 Å². The molecule has 0 radical (unpaired) electrons. The van der Waals surface area contributed by atoms with Crippen molar-refractivity contribution in [2.75, 3.05) is 18.5 Å². The van der Waals surface area contributed by atoms with E-state index in [1.165, 1.54) is 26.3 Å². The zero-order chi connectivity index (χ0) is 22.3. The standard InChI is InChI=1S/C20H19F3INO4S/c1-25(30(27,28)20(5-6-20)7-8-26)19-14(18(23)16(22)11-17(19)29-2)9-12-3-4-13(24)10-15(12)21/h3-4,8,10-11H,5-7,9H2,1-2H3. The van der Waals surface area contributed by atoms with Gasteiger partial charge < -0.3 is 9.53 Å². The van der Waals surface area contributed by atoms with Crippen molar-refractivity contribution < 1.29 is 31.1 Å². The molecule has 0 bridgehead atoms. The quantitative estimate of drug-likeness (QED) is 0.364. The Kier molecular flexibility index (Phi) is 6.38. The molecule has 162 valence electrons. The minimum atomic E-state index is -4.10. The topological polar surface area (TPSA) is 63.7 Å². The van der Waals surface area contributed by atoms with Crippen LogP contribution >= 0.6 is 22.6 Å². The lowest BCUT2D eigenvalue weighted by Crippen LogP contribution is -2.39. The third-order valence-electron chi connectivity index (χ3n) is 5.34. The van der Waals surface area contributed by atoms with Gasteiger partial charge in [0.15, 0.2) is 11.6 Å². The second kappa shape index (κ2) is 8.37. The zero-order valence-electron chi connectivity index (χ0n) is 16.2. The van der Waals surface area contributed by atoms with Crippen LogP contribution in [0.25, 0.3) is 0 Å². The summed E-state index contributed by atoms with van der Waals surface area (Å²) in [6, 6.07) is 5.04. The fourth-order valence-electron chi connectivity index (χ4n) is 3.43. The zero-order valence-corrected chi connectivity index (χ0v) is 19.2. The summed E-state index contributed by atoms with van der Waals surface area (Å²) in [5, 5.41) is 0. The molecule has 0 saturated heterocycles. The van der Waals surface area contributed by atoms with Crippen LogP contribution in [0, 0.1) is 21.0 Å². The Morgan fingerprint density at radius 2 is 1.87 bits per heavy atom. The summed E-state index contributed by atoms with van der Waals surface area (Å²) in [5.74, 6) is -3.36. The average Bonchev–Trinajstić information content (AvgIpc) is 3.48. The molecular formula is C20H19F3INO4S. The molecule has 30 heavy (non-hydrogen) atoms. The molecule has 0 atom stereocenters. The van der Waals surface area contributed by atoms with E-state index in [4.69, 9.17) is 4.74 Å². The largest absolute Gasteiger partial charge is 0.494 e. The van der Waals surface area contributed by atoms with E-state index < -0.39 is 38.6 Å². The minimum absolute atomic E-state index is 0.0723. The van der Waals surface area contributed by atoms with Gasteiger partial charge in [-0.15, -0.1) is 0 Å². The summed E-state index contributed by atoms with van der Waals surface area (Å²) in [6.07, 6.45) is 0.505. The van der Waals surface area contributed by atoms with Crippen LogP contribution in [-0.4, -0.2) is 33.6 Å². The fourth-order valence-corrected chi connectivity index (χ4v) is 5.80. The predicted octanol–water partition coefficient (Wildman–Crippen LogP) is 4.20. The van der Waals surface area contributed by atoms with Gasteiger partial charge in [0.05, 0.1) is 17.5 Å². The van der Waals surface area contributed by atoms with E-state index in [0.29, 0.717) is 9.86 Å². The first-order valence-electron chi connectivity index (χ1n) is 8.99. The Morgan fingerprint density at radius 1 is 1.20 bits per heavy atom. The minimum Gasteiger partial charge on any atom is -0.494 e. The maximum atomic E-state index is 14.9. The Morgan fingerprint density at radius 3 is 2.40 bits per heavy atom. The van der Waals surface area contributed by atoms with E-state index in [9.17, 15) is 26.4 Å². The molecule has 0 unspecified atom stereocenters. The van der Waals surface area contributed by atoms with E-state index in [1.54, 1.807) is 6.07 Å². The lowest BCUT2D eigenvalue weighted by Gasteiger charge is -2.28. The van der Waals surface area contributed by atoms with Crippen LogP contribution in [0.15, 0.2) is 24.3 Å².